The van der Waals surface area contributed by atoms with E-state index in [1.807, 2.05) is 19.9 Å². The summed E-state index contributed by atoms with van der Waals surface area (Å²) in [6, 6.07) is 1.88. The summed E-state index contributed by atoms with van der Waals surface area (Å²) < 4.78 is 0. The molecule has 1 unspecified atom stereocenters. The first-order chi connectivity index (χ1) is 8.65. The maximum absolute atomic E-state index is 11.9. The zero-order valence-corrected chi connectivity index (χ0v) is 11.2. The van der Waals surface area contributed by atoms with Crippen molar-refractivity contribution < 1.29 is 4.79 Å². The first kappa shape index (κ1) is 12.8. The van der Waals surface area contributed by atoms with Gasteiger partial charge in [-0.15, -0.1) is 0 Å². The predicted octanol–water partition coefficient (Wildman–Crippen LogP) is 1.06. The molecule has 5 nitrogen and oxygen atoms in total. The van der Waals surface area contributed by atoms with Gasteiger partial charge < -0.3 is 10.2 Å². The summed E-state index contributed by atoms with van der Waals surface area (Å²) >= 11 is 0. The van der Waals surface area contributed by atoms with Gasteiger partial charge in [-0.3, -0.25) is 4.79 Å². The Balaban J connectivity index is 2.34. The lowest BCUT2D eigenvalue weighted by molar-refractivity contribution is -0.123. The van der Waals surface area contributed by atoms with Crippen molar-refractivity contribution in [3.8, 4) is 0 Å². The summed E-state index contributed by atoms with van der Waals surface area (Å²) in [6.07, 6.45) is 1.67. The van der Waals surface area contributed by atoms with Crippen LogP contribution in [0.25, 0.3) is 0 Å². The molecule has 2 rings (SSSR count). The van der Waals surface area contributed by atoms with Gasteiger partial charge in [-0.1, -0.05) is 13.8 Å². The lowest BCUT2D eigenvalue weighted by Crippen LogP contribution is -2.55. The average molecular weight is 248 g/mol. The van der Waals surface area contributed by atoms with Gasteiger partial charge >= 0.3 is 0 Å². The first-order valence-electron chi connectivity index (χ1n) is 6.54. The minimum Gasteiger partial charge on any atom is -0.353 e. The molecule has 1 fully saturated rings. The Kier molecular flexibility index (Phi) is 3.79. The van der Waals surface area contributed by atoms with Crippen LogP contribution in [0.15, 0.2) is 6.07 Å². The highest BCUT2D eigenvalue weighted by Gasteiger charge is 2.29. The molecule has 1 atom stereocenters. The molecule has 0 saturated carbocycles. The van der Waals surface area contributed by atoms with E-state index in [-0.39, 0.29) is 11.9 Å². The monoisotopic (exact) mass is 248 g/mol. The molecule has 1 aromatic heterocycles. The second-order valence-corrected chi connectivity index (χ2v) is 4.53. The first-order valence-corrected chi connectivity index (χ1v) is 6.54. The van der Waals surface area contributed by atoms with Gasteiger partial charge in [0, 0.05) is 24.8 Å². The fourth-order valence-corrected chi connectivity index (χ4v) is 2.34. The minimum atomic E-state index is -0.113. The number of nitrogens with one attached hydrogen (secondary N) is 1. The van der Waals surface area contributed by atoms with E-state index in [0.717, 1.165) is 36.7 Å². The third kappa shape index (κ3) is 2.44. The normalized spacial score (nSPS) is 19.8. The zero-order chi connectivity index (χ0) is 13.1. The number of carbonyl (C=O) groups is 1. The van der Waals surface area contributed by atoms with Crippen molar-refractivity contribution in [3.05, 3.63) is 17.6 Å². The highest BCUT2D eigenvalue weighted by Crippen LogP contribution is 2.19. The minimum absolute atomic E-state index is 0.0954. The molecule has 18 heavy (non-hydrogen) atoms. The smallest absolute Gasteiger partial charge is 0.242 e. The number of hydrogen-bond acceptors (Lipinski definition) is 4. The molecule has 1 saturated heterocycles. The van der Waals surface area contributed by atoms with Crippen molar-refractivity contribution in [2.45, 2.75) is 39.7 Å². The SMILES string of the molecule is CCc1cc(N2CCNC(=O)C2CC)nc(C)n1. The average Bonchev–Trinajstić information content (AvgIpc) is 2.37. The van der Waals surface area contributed by atoms with Crippen molar-refractivity contribution >= 4 is 11.7 Å². The Morgan fingerprint density at radius 1 is 1.44 bits per heavy atom. The van der Waals surface area contributed by atoms with Gasteiger partial charge in [-0.2, -0.15) is 0 Å². The van der Waals surface area contributed by atoms with Crippen LogP contribution in [0.1, 0.15) is 31.8 Å². The summed E-state index contributed by atoms with van der Waals surface area (Å²) in [7, 11) is 0. The number of aromatic nitrogens is 2. The van der Waals surface area contributed by atoms with Crippen molar-refractivity contribution in [3.63, 3.8) is 0 Å². The van der Waals surface area contributed by atoms with Crippen LogP contribution in [0.2, 0.25) is 0 Å². The van der Waals surface area contributed by atoms with E-state index in [4.69, 9.17) is 0 Å². The third-order valence-electron chi connectivity index (χ3n) is 3.25. The van der Waals surface area contributed by atoms with Crippen LogP contribution >= 0.6 is 0 Å². The number of amides is 1. The molecule has 0 aromatic carbocycles. The molecule has 0 bridgehead atoms. The molecule has 98 valence electrons. The Morgan fingerprint density at radius 2 is 2.22 bits per heavy atom. The maximum Gasteiger partial charge on any atom is 0.242 e. The summed E-state index contributed by atoms with van der Waals surface area (Å²) in [5, 5.41) is 2.90. The van der Waals surface area contributed by atoms with Crippen LogP contribution in [-0.4, -0.2) is 35.0 Å². The van der Waals surface area contributed by atoms with Crippen LogP contribution in [0.5, 0.6) is 0 Å². The van der Waals surface area contributed by atoms with Gasteiger partial charge in [0.1, 0.15) is 17.7 Å². The van der Waals surface area contributed by atoms with Gasteiger partial charge in [0.2, 0.25) is 5.91 Å². The Bertz CT molecular complexity index is 447. The fraction of sp³-hybridized carbons (Fsp3) is 0.615. The highest BCUT2D eigenvalue weighted by atomic mass is 16.2. The predicted molar refractivity (Wildman–Crippen MR) is 70.6 cm³/mol. The van der Waals surface area contributed by atoms with Gasteiger partial charge in [0.05, 0.1) is 0 Å². The number of nitrogens with zero attached hydrogens (tertiary/aromatic N) is 3. The van der Waals surface area contributed by atoms with E-state index in [0.29, 0.717) is 6.54 Å². The summed E-state index contributed by atoms with van der Waals surface area (Å²) in [5.41, 5.74) is 1.03. The molecule has 1 N–H and O–H groups in total. The second kappa shape index (κ2) is 5.33. The molecule has 0 spiro atoms. The number of anilines is 1. The third-order valence-corrected chi connectivity index (χ3v) is 3.25. The molecule has 2 heterocycles. The number of hydrogen-bond donors (Lipinski definition) is 1. The van der Waals surface area contributed by atoms with Gasteiger partial charge in [0.25, 0.3) is 0 Å². The van der Waals surface area contributed by atoms with Crippen molar-refractivity contribution in [1.82, 2.24) is 15.3 Å². The molecule has 1 aromatic rings. The van der Waals surface area contributed by atoms with Crippen LogP contribution < -0.4 is 10.2 Å². The van der Waals surface area contributed by atoms with Crippen molar-refractivity contribution in [2.75, 3.05) is 18.0 Å². The molecular weight excluding hydrogens is 228 g/mol. The Labute approximate surface area is 108 Å². The van der Waals surface area contributed by atoms with Crippen molar-refractivity contribution in [1.29, 1.82) is 0 Å². The molecular formula is C13H20N4O. The molecule has 0 radical (unpaired) electrons. The van der Waals surface area contributed by atoms with E-state index in [2.05, 4.69) is 27.1 Å². The van der Waals surface area contributed by atoms with E-state index >= 15 is 0 Å². The van der Waals surface area contributed by atoms with E-state index in [1.54, 1.807) is 0 Å². The quantitative estimate of drug-likeness (QED) is 0.869. The summed E-state index contributed by atoms with van der Waals surface area (Å²) in [4.78, 5) is 22.8. The highest BCUT2D eigenvalue weighted by molar-refractivity contribution is 5.86. The lowest BCUT2D eigenvalue weighted by atomic mass is 10.1. The Hall–Kier alpha value is -1.65. The number of piperazine rings is 1. The largest absolute Gasteiger partial charge is 0.353 e. The van der Waals surface area contributed by atoms with E-state index in [1.165, 1.54) is 0 Å². The van der Waals surface area contributed by atoms with Crippen LogP contribution in [0, 0.1) is 6.92 Å². The summed E-state index contributed by atoms with van der Waals surface area (Å²) in [6.45, 7) is 7.49. The number of aryl methyl sites for hydroxylation is 2. The number of carbonyl (C=O) groups excluding carboxylic acids is 1. The van der Waals surface area contributed by atoms with Crippen LogP contribution in [0.4, 0.5) is 5.82 Å². The molecule has 1 amide bonds. The summed E-state index contributed by atoms with van der Waals surface area (Å²) in [5.74, 6) is 1.74. The van der Waals surface area contributed by atoms with Gasteiger partial charge in [-0.25, -0.2) is 9.97 Å². The second-order valence-electron chi connectivity index (χ2n) is 4.53. The zero-order valence-electron chi connectivity index (χ0n) is 11.2. The lowest BCUT2D eigenvalue weighted by Gasteiger charge is -2.35. The Morgan fingerprint density at radius 3 is 2.89 bits per heavy atom. The molecule has 1 aliphatic rings. The number of rotatable bonds is 3. The van der Waals surface area contributed by atoms with E-state index in [9.17, 15) is 4.79 Å². The molecule has 5 heteroatoms. The standard InChI is InChI=1S/C13H20N4O/c1-4-10-8-12(16-9(3)15-10)17-7-6-14-13(18)11(17)5-2/h8,11H,4-7H2,1-3H3,(H,14,18). The van der Waals surface area contributed by atoms with E-state index < -0.39 is 0 Å². The maximum atomic E-state index is 11.9. The van der Waals surface area contributed by atoms with Gasteiger partial charge in [0.15, 0.2) is 0 Å². The molecule has 0 aliphatic carbocycles. The van der Waals surface area contributed by atoms with Crippen LogP contribution in [-0.2, 0) is 11.2 Å². The van der Waals surface area contributed by atoms with Gasteiger partial charge in [-0.05, 0) is 19.8 Å². The topological polar surface area (TPSA) is 58.1 Å². The fourth-order valence-electron chi connectivity index (χ4n) is 2.34. The van der Waals surface area contributed by atoms with Crippen molar-refractivity contribution in [2.24, 2.45) is 0 Å². The van der Waals surface area contributed by atoms with Crippen LogP contribution in [0.3, 0.4) is 0 Å². The molecule has 1 aliphatic heterocycles.